The third-order valence-corrected chi connectivity index (χ3v) is 3.83. The first-order valence-corrected chi connectivity index (χ1v) is 7.12. The second kappa shape index (κ2) is 6.78. The minimum absolute atomic E-state index is 0.746. The number of nitrogens with two attached hydrogens (primary N) is 1. The molecule has 4 nitrogen and oxygen atoms in total. The molecular weight excluding hydrogens is 238 g/mol. The molecule has 0 atom stereocenters. The van der Waals surface area contributed by atoms with Crippen molar-refractivity contribution in [1.82, 2.24) is 9.80 Å². The molecule has 1 aromatic carbocycles. The molecule has 0 bridgehead atoms. The van der Waals surface area contributed by atoms with E-state index in [0.717, 1.165) is 49.8 Å². The maximum absolute atomic E-state index is 5.79. The van der Waals surface area contributed by atoms with Gasteiger partial charge in [0.15, 0.2) is 0 Å². The summed E-state index contributed by atoms with van der Waals surface area (Å²) in [6, 6.07) is 5.85. The van der Waals surface area contributed by atoms with E-state index in [0.29, 0.717) is 0 Å². The van der Waals surface area contributed by atoms with Crippen LogP contribution in [0.25, 0.3) is 0 Å². The highest BCUT2D eigenvalue weighted by molar-refractivity contribution is 5.49. The predicted octanol–water partition coefficient (Wildman–Crippen LogP) is 1.59. The van der Waals surface area contributed by atoms with Crippen molar-refractivity contribution in [3.05, 3.63) is 23.8 Å². The Bertz CT molecular complexity index is 400. The van der Waals surface area contributed by atoms with Crippen molar-refractivity contribution in [3.8, 4) is 5.75 Å². The van der Waals surface area contributed by atoms with Crippen LogP contribution in [0, 0.1) is 6.92 Å². The van der Waals surface area contributed by atoms with Gasteiger partial charge in [0.2, 0.25) is 0 Å². The molecule has 1 fully saturated rings. The lowest BCUT2D eigenvalue weighted by molar-refractivity contribution is 0.121. The lowest BCUT2D eigenvalue weighted by atomic mass is 10.2. The Balaban J connectivity index is 1.70. The molecule has 4 heteroatoms. The summed E-state index contributed by atoms with van der Waals surface area (Å²) in [5.41, 5.74) is 7.69. The average molecular weight is 263 g/mol. The molecule has 0 radical (unpaired) electrons. The number of nitrogens with zero attached hydrogens (tertiary/aromatic N) is 2. The van der Waals surface area contributed by atoms with Gasteiger partial charge in [-0.05, 0) is 37.2 Å². The van der Waals surface area contributed by atoms with E-state index in [2.05, 4.69) is 16.7 Å². The minimum atomic E-state index is 0.746. The summed E-state index contributed by atoms with van der Waals surface area (Å²) in [5, 5.41) is 0. The van der Waals surface area contributed by atoms with Crippen LogP contribution < -0.4 is 10.5 Å². The minimum Gasteiger partial charge on any atom is -0.492 e. The van der Waals surface area contributed by atoms with Crippen molar-refractivity contribution in [2.45, 2.75) is 13.8 Å². The summed E-state index contributed by atoms with van der Waals surface area (Å²) >= 11 is 0. The van der Waals surface area contributed by atoms with Gasteiger partial charge in [-0.15, -0.1) is 0 Å². The Hall–Kier alpha value is -1.26. The molecule has 19 heavy (non-hydrogen) atoms. The molecule has 1 heterocycles. The SMILES string of the molecule is CCN1CCN(CCOc2ccc(N)c(C)c2)CC1. The van der Waals surface area contributed by atoms with E-state index < -0.39 is 0 Å². The van der Waals surface area contributed by atoms with Crippen molar-refractivity contribution >= 4 is 5.69 Å². The topological polar surface area (TPSA) is 41.7 Å². The van der Waals surface area contributed by atoms with Crippen LogP contribution in [0.15, 0.2) is 18.2 Å². The van der Waals surface area contributed by atoms with Crippen LogP contribution >= 0.6 is 0 Å². The number of nitrogen functional groups attached to an aromatic ring is 1. The van der Waals surface area contributed by atoms with Crippen LogP contribution in [0.5, 0.6) is 5.75 Å². The molecule has 0 unspecified atom stereocenters. The number of anilines is 1. The number of piperazine rings is 1. The predicted molar refractivity (Wildman–Crippen MR) is 79.6 cm³/mol. The molecule has 1 aromatic rings. The summed E-state index contributed by atoms with van der Waals surface area (Å²) in [6.07, 6.45) is 0. The zero-order valence-corrected chi connectivity index (χ0v) is 12.1. The Morgan fingerprint density at radius 3 is 2.47 bits per heavy atom. The van der Waals surface area contributed by atoms with Crippen LogP contribution in [0.3, 0.4) is 0 Å². The van der Waals surface area contributed by atoms with Gasteiger partial charge < -0.3 is 15.4 Å². The zero-order valence-electron chi connectivity index (χ0n) is 12.1. The second-order valence-electron chi connectivity index (χ2n) is 5.14. The molecule has 2 rings (SSSR count). The number of ether oxygens (including phenoxy) is 1. The fraction of sp³-hybridized carbons (Fsp3) is 0.600. The fourth-order valence-corrected chi connectivity index (χ4v) is 2.36. The second-order valence-corrected chi connectivity index (χ2v) is 5.14. The number of hydrogen-bond donors (Lipinski definition) is 1. The van der Waals surface area contributed by atoms with Crippen LogP contribution in [-0.4, -0.2) is 55.7 Å². The van der Waals surface area contributed by atoms with Gasteiger partial charge in [-0.1, -0.05) is 6.92 Å². The van der Waals surface area contributed by atoms with Crippen molar-refractivity contribution in [2.24, 2.45) is 0 Å². The van der Waals surface area contributed by atoms with Gasteiger partial charge in [-0.25, -0.2) is 0 Å². The van der Waals surface area contributed by atoms with Crippen LogP contribution in [-0.2, 0) is 0 Å². The van der Waals surface area contributed by atoms with Gasteiger partial charge in [0.05, 0.1) is 0 Å². The molecule has 1 aliphatic rings. The molecule has 2 N–H and O–H groups in total. The van der Waals surface area contributed by atoms with E-state index in [-0.39, 0.29) is 0 Å². The van der Waals surface area contributed by atoms with Crippen molar-refractivity contribution in [2.75, 3.05) is 51.6 Å². The summed E-state index contributed by atoms with van der Waals surface area (Å²) in [6.45, 7) is 11.8. The molecule has 0 amide bonds. The van der Waals surface area contributed by atoms with E-state index in [9.17, 15) is 0 Å². The molecule has 0 spiro atoms. The maximum atomic E-state index is 5.79. The van der Waals surface area contributed by atoms with Crippen LogP contribution in [0.4, 0.5) is 5.69 Å². The summed E-state index contributed by atoms with van der Waals surface area (Å²) in [5.74, 6) is 0.916. The molecule has 1 saturated heterocycles. The van der Waals surface area contributed by atoms with Gasteiger partial charge >= 0.3 is 0 Å². The Morgan fingerprint density at radius 2 is 1.84 bits per heavy atom. The third-order valence-electron chi connectivity index (χ3n) is 3.83. The van der Waals surface area contributed by atoms with Gasteiger partial charge in [-0.2, -0.15) is 0 Å². The molecule has 0 saturated carbocycles. The third kappa shape index (κ3) is 4.11. The van der Waals surface area contributed by atoms with Crippen molar-refractivity contribution in [3.63, 3.8) is 0 Å². The Labute approximate surface area is 116 Å². The highest BCUT2D eigenvalue weighted by atomic mass is 16.5. The summed E-state index contributed by atoms with van der Waals surface area (Å²) in [4.78, 5) is 4.96. The van der Waals surface area contributed by atoms with Crippen molar-refractivity contribution < 1.29 is 4.74 Å². The normalized spacial score (nSPS) is 17.6. The van der Waals surface area contributed by atoms with E-state index in [1.54, 1.807) is 0 Å². The molecule has 106 valence electrons. The highest BCUT2D eigenvalue weighted by Crippen LogP contribution is 2.18. The van der Waals surface area contributed by atoms with E-state index in [4.69, 9.17) is 10.5 Å². The Morgan fingerprint density at radius 1 is 1.16 bits per heavy atom. The lowest BCUT2D eigenvalue weighted by Crippen LogP contribution is -2.47. The Kier molecular flexibility index (Phi) is 5.05. The van der Waals surface area contributed by atoms with Crippen molar-refractivity contribution in [1.29, 1.82) is 0 Å². The highest BCUT2D eigenvalue weighted by Gasteiger charge is 2.14. The fourth-order valence-electron chi connectivity index (χ4n) is 2.36. The number of aryl methyl sites for hydroxylation is 1. The standard InChI is InChI=1S/C15H25N3O/c1-3-17-6-8-18(9-7-17)10-11-19-14-4-5-15(16)13(2)12-14/h4-5,12H,3,6-11,16H2,1-2H3. The first-order valence-electron chi connectivity index (χ1n) is 7.12. The lowest BCUT2D eigenvalue weighted by Gasteiger charge is -2.33. The van der Waals surface area contributed by atoms with Crippen LogP contribution in [0.1, 0.15) is 12.5 Å². The first kappa shape index (κ1) is 14.2. The average Bonchev–Trinajstić information content (AvgIpc) is 2.43. The van der Waals surface area contributed by atoms with Gasteiger partial charge in [0.25, 0.3) is 0 Å². The van der Waals surface area contributed by atoms with Gasteiger partial charge in [0.1, 0.15) is 12.4 Å². The number of rotatable bonds is 5. The molecule has 0 aromatic heterocycles. The van der Waals surface area contributed by atoms with Gasteiger partial charge in [-0.3, -0.25) is 4.90 Å². The van der Waals surface area contributed by atoms with Gasteiger partial charge in [0, 0.05) is 38.4 Å². The zero-order chi connectivity index (χ0) is 13.7. The molecule has 1 aliphatic heterocycles. The smallest absolute Gasteiger partial charge is 0.119 e. The van der Waals surface area contributed by atoms with E-state index in [1.807, 2.05) is 25.1 Å². The first-order chi connectivity index (χ1) is 9.19. The van der Waals surface area contributed by atoms with E-state index >= 15 is 0 Å². The van der Waals surface area contributed by atoms with E-state index in [1.165, 1.54) is 13.1 Å². The number of likely N-dealkylation sites (N-methyl/N-ethyl adjacent to an activating group) is 1. The quantitative estimate of drug-likeness (QED) is 0.819. The number of benzene rings is 1. The molecular formula is C15H25N3O. The number of hydrogen-bond acceptors (Lipinski definition) is 4. The summed E-state index contributed by atoms with van der Waals surface area (Å²) in [7, 11) is 0. The monoisotopic (exact) mass is 263 g/mol. The largest absolute Gasteiger partial charge is 0.492 e. The maximum Gasteiger partial charge on any atom is 0.119 e. The molecule has 0 aliphatic carbocycles. The summed E-state index contributed by atoms with van der Waals surface area (Å²) < 4.78 is 5.79. The van der Waals surface area contributed by atoms with Crippen LogP contribution in [0.2, 0.25) is 0 Å².